The topological polar surface area (TPSA) is 32.3 Å². The first kappa shape index (κ1) is 16.1. The fraction of sp³-hybridized carbons (Fsp3) is 0.316. The standard InChI is InChI=1S/C19H24N2O/c1-15(13-16-7-5-4-6-8-16)20-19(22)14-17-9-11-18(12-10-17)21(2)3/h4-12,15H,13-14H2,1-3H3,(H,20,22)/t15-/m0/s1. The van der Waals surface area contributed by atoms with Gasteiger partial charge in [-0.15, -0.1) is 0 Å². The average molecular weight is 296 g/mol. The lowest BCUT2D eigenvalue weighted by Crippen LogP contribution is -2.35. The lowest BCUT2D eigenvalue weighted by atomic mass is 10.1. The fourth-order valence-electron chi connectivity index (χ4n) is 2.44. The Labute approximate surface area is 133 Å². The molecular formula is C19H24N2O. The molecule has 0 aliphatic rings. The van der Waals surface area contributed by atoms with E-state index >= 15 is 0 Å². The van der Waals surface area contributed by atoms with Gasteiger partial charge in [-0.2, -0.15) is 0 Å². The number of nitrogens with one attached hydrogen (secondary N) is 1. The molecule has 22 heavy (non-hydrogen) atoms. The summed E-state index contributed by atoms with van der Waals surface area (Å²) < 4.78 is 0. The predicted octanol–water partition coefficient (Wildman–Crippen LogP) is 3.04. The lowest BCUT2D eigenvalue weighted by Gasteiger charge is -2.15. The summed E-state index contributed by atoms with van der Waals surface area (Å²) in [6.45, 7) is 2.04. The minimum absolute atomic E-state index is 0.0704. The minimum Gasteiger partial charge on any atom is -0.378 e. The van der Waals surface area contributed by atoms with Gasteiger partial charge in [0.05, 0.1) is 6.42 Å². The van der Waals surface area contributed by atoms with E-state index in [4.69, 9.17) is 0 Å². The number of hydrogen-bond donors (Lipinski definition) is 1. The van der Waals surface area contributed by atoms with Crippen molar-refractivity contribution in [3.8, 4) is 0 Å². The van der Waals surface area contributed by atoms with Gasteiger partial charge in [-0.1, -0.05) is 42.5 Å². The van der Waals surface area contributed by atoms with Crippen LogP contribution in [-0.4, -0.2) is 26.0 Å². The Morgan fingerprint density at radius 3 is 2.23 bits per heavy atom. The smallest absolute Gasteiger partial charge is 0.224 e. The molecule has 2 rings (SSSR count). The van der Waals surface area contributed by atoms with E-state index < -0.39 is 0 Å². The molecule has 1 N–H and O–H groups in total. The minimum atomic E-state index is 0.0704. The quantitative estimate of drug-likeness (QED) is 0.888. The van der Waals surface area contributed by atoms with Gasteiger partial charge in [0.1, 0.15) is 0 Å². The molecular weight excluding hydrogens is 272 g/mol. The Morgan fingerprint density at radius 1 is 1.00 bits per heavy atom. The third-order valence-corrected chi connectivity index (χ3v) is 3.61. The lowest BCUT2D eigenvalue weighted by molar-refractivity contribution is -0.121. The van der Waals surface area contributed by atoms with E-state index in [2.05, 4.69) is 17.4 Å². The first-order chi connectivity index (χ1) is 10.5. The maximum Gasteiger partial charge on any atom is 0.224 e. The van der Waals surface area contributed by atoms with Crippen molar-refractivity contribution in [3.63, 3.8) is 0 Å². The maximum absolute atomic E-state index is 12.1. The number of carbonyl (C=O) groups is 1. The molecule has 0 spiro atoms. The van der Waals surface area contributed by atoms with Gasteiger partial charge in [-0.3, -0.25) is 4.79 Å². The highest BCUT2D eigenvalue weighted by atomic mass is 16.1. The summed E-state index contributed by atoms with van der Waals surface area (Å²) in [5, 5.41) is 3.06. The summed E-state index contributed by atoms with van der Waals surface area (Å²) in [6, 6.07) is 18.5. The number of rotatable bonds is 6. The highest BCUT2D eigenvalue weighted by Crippen LogP contribution is 2.12. The molecule has 2 aromatic rings. The number of benzene rings is 2. The molecule has 0 unspecified atom stereocenters. The second-order valence-electron chi connectivity index (χ2n) is 5.90. The van der Waals surface area contributed by atoms with Gasteiger partial charge >= 0.3 is 0 Å². The third-order valence-electron chi connectivity index (χ3n) is 3.61. The molecule has 1 amide bonds. The second-order valence-corrected chi connectivity index (χ2v) is 5.90. The van der Waals surface area contributed by atoms with E-state index in [1.165, 1.54) is 5.56 Å². The van der Waals surface area contributed by atoms with Crippen molar-refractivity contribution in [2.75, 3.05) is 19.0 Å². The number of nitrogens with zero attached hydrogens (tertiary/aromatic N) is 1. The van der Waals surface area contributed by atoms with E-state index in [9.17, 15) is 4.79 Å². The van der Waals surface area contributed by atoms with Crippen LogP contribution in [-0.2, 0) is 17.6 Å². The molecule has 2 aromatic carbocycles. The van der Waals surface area contributed by atoms with Crippen LogP contribution in [0.1, 0.15) is 18.1 Å². The van der Waals surface area contributed by atoms with Gasteiger partial charge in [-0.25, -0.2) is 0 Å². The maximum atomic E-state index is 12.1. The van der Waals surface area contributed by atoms with Crippen LogP contribution in [0.5, 0.6) is 0 Å². The van der Waals surface area contributed by atoms with Crippen LogP contribution in [0.3, 0.4) is 0 Å². The number of carbonyl (C=O) groups excluding carboxylic acids is 1. The molecule has 0 saturated carbocycles. The van der Waals surface area contributed by atoms with E-state index in [1.807, 2.05) is 68.4 Å². The summed E-state index contributed by atoms with van der Waals surface area (Å²) in [7, 11) is 4.01. The van der Waals surface area contributed by atoms with Gasteiger partial charge in [0.2, 0.25) is 5.91 Å². The van der Waals surface area contributed by atoms with Gasteiger partial charge in [0.25, 0.3) is 0 Å². The molecule has 1 atom stereocenters. The monoisotopic (exact) mass is 296 g/mol. The third kappa shape index (κ3) is 4.92. The molecule has 0 radical (unpaired) electrons. The summed E-state index contributed by atoms with van der Waals surface area (Å²) in [4.78, 5) is 14.2. The van der Waals surface area contributed by atoms with Crippen LogP contribution in [0.25, 0.3) is 0 Å². The van der Waals surface area contributed by atoms with Crippen molar-refractivity contribution in [2.45, 2.75) is 25.8 Å². The predicted molar refractivity (Wildman–Crippen MR) is 92.2 cm³/mol. The molecule has 3 nitrogen and oxygen atoms in total. The van der Waals surface area contributed by atoms with E-state index in [1.54, 1.807) is 0 Å². The zero-order chi connectivity index (χ0) is 15.9. The van der Waals surface area contributed by atoms with Crippen molar-refractivity contribution in [1.82, 2.24) is 5.32 Å². The molecule has 0 aliphatic carbocycles. The van der Waals surface area contributed by atoms with Crippen molar-refractivity contribution in [3.05, 3.63) is 65.7 Å². The number of hydrogen-bond acceptors (Lipinski definition) is 2. The molecule has 0 aromatic heterocycles. The largest absolute Gasteiger partial charge is 0.378 e. The van der Waals surface area contributed by atoms with Crippen molar-refractivity contribution < 1.29 is 4.79 Å². The SMILES string of the molecule is C[C@@H](Cc1ccccc1)NC(=O)Cc1ccc(N(C)C)cc1. The Bertz CT molecular complexity index is 591. The molecule has 0 fully saturated rings. The molecule has 0 saturated heterocycles. The van der Waals surface area contributed by atoms with Gasteiger partial charge < -0.3 is 10.2 Å². The van der Waals surface area contributed by atoms with Crippen LogP contribution in [0, 0.1) is 0 Å². The van der Waals surface area contributed by atoms with E-state index in [0.29, 0.717) is 6.42 Å². The summed E-state index contributed by atoms with van der Waals surface area (Å²) in [5.74, 6) is 0.0704. The zero-order valence-corrected chi connectivity index (χ0v) is 13.5. The van der Waals surface area contributed by atoms with Gasteiger partial charge in [0.15, 0.2) is 0 Å². The highest BCUT2D eigenvalue weighted by molar-refractivity contribution is 5.79. The molecule has 3 heteroatoms. The Kier molecular flexibility index (Phi) is 5.59. The summed E-state index contributed by atoms with van der Waals surface area (Å²) in [6.07, 6.45) is 1.28. The van der Waals surface area contributed by atoms with Crippen LogP contribution in [0.4, 0.5) is 5.69 Å². The Hall–Kier alpha value is -2.29. The molecule has 0 heterocycles. The van der Waals surface area contributed by atoms with Crippen LogP contribution in [0.15, 0.2) is 54.6 Å². The van der Waals surface area contributed by atoms with E-state index in [-0.39, 0.29) is 11.9 Å². The van der Waals surface area contributed by atoms with Gasteiger partial charge in [0, 0.05) is 25.8 Å². The first-order valence-electron chi connectivity index (χ1n) is 7.64. The van der Waals surface area contributed by atoms with Crippen molar-refractivity contribution >= 4 is 11.6 Å². The summed E-state index contributed by atoms with van der Waals surface area (Å²) in [5.41, 5.74) is 3.42. The van der Waals surface area contributed by atoms with E-state index in [0.717, 1.165) is 17.7 Å². The van der Waals surface area contributed by atoms with Crippen molar-refractivity contribution in [1.29, 1.82) is 0 Å². The summed E-state index contributed by atoms with van der Waals surface area (Å²) >= 11 is 0. The first-order valence-corrected chi connectivity index (χ1v) is 7.64. The normalized spacial score (nSPS) is 11.8. The molecule has 116 valence electrons. The fourth-order valence-corrected chi connectivity index (χ4v) is 2.44. The van der Waals surface area contributed by atoms with Gasteiger partial charge in [-0.05, 0) is 36.6 Å². The number of amides is 1. The molecule has 0 bridgehead atoms. The zero-order valence-electron chi connectivity index (χ0n) is 13.5. The molecule has 0 aliphatic heterocycles. The Balaban J connectivity index is 1.84. The van der Waals surface area contributed by atoms with Crippen LogP contribution < -0.4 is 10.2 Å². The Morgan fingerprint density at radius 2 is 1.64 bits per heavy atom. The van der Waals surface area contributed by atoms with Crippen LogP contribution >= 0.6 is 0 Å². The average Bonchev–Trinajstić information content (AvgIpc) is 2.48. The second kappa shape index (κ2) is 7.64. The van der Waals surface area contributed by atoms with Crippen molar-refractivity contribution in [2.24, 2.45) is 0 Å². The van der Waals surface area contributed by atoms with Crippen LogP contribution in [0.2, 0.25) is 0 Å². The highest BCUT2D eigenvalue weighted by Gasteiger charge is 2.09. The number of anilines is 1.